The highest BCUT2D eigenvalue weighted by molar-refractivity contribution is 5.39. The van der Waals surface area contributed by atoms with Crippen LogP contribution in [0.2, 0.25) is 0 Å². The fourth-order valence-electron chi connectivity index (χ4n) is 5.98. The van der Waals surface area contributed by atoms with Crippen LogP contribution in [0.4, 0.5) is 0 Å². The lowest BCUT2D eigenvalue weighted by Crippen LogP contribution is -2.19. The van der Waals surface area contributed by atoms with Crippen LogP contribution < -0.4 is 0 Å². The summed E-state index contributed by atoms with van der Waals surface area (Å²) in [4.78, 5) is 0. The number of hydrogen-bond donors (Lipinski definition) is 0. The lowest BCUT2D eigenvalue weighted by Gasteiger charge is -2.33. The van der Waals surface area contributed by atoms with Crippen LogP contribution in [0.15, 0.2) is 130 Å². The SMILES string of the molecule is CCC1=C(C=CC(C)=CC=CC(C)=CC=CC=C(C)C=CC=C(C)C=CC2=C(C)CCCC2(C)C)C(C)(C)CCC1. The first-order valence-electron chi connectivity index (χ1n) is 15.9. The van der Waals surface area contributed by atoms with Gasteiger partial charge >= 0.3 is 0 Å². The Morgan fingerprint density at radius 2 is 1.00 bits per heavy atom. The van der Waals surface area contributed by atoms with Crippen molar-refractivity contribution in [3.63, 3.8) is 0 Å². The van der Waals surface area contributed by atoms with Gasteiger partial charge in [0, 0.05) is 0 Å². The van der Waals surface area contributed by atoms with E-state index >= 15 is 0 Å². The van der Waals surface area contributed by atoms with Crippen LogP contribution in [0.1, 0.15) is 114 Å². The van der Waals surface area contributed by atoms with E-state index in [0.29, 0.717) is 10.8 Å². The van der Waals surface area contributed by atoms with Crippen LogP contribution in [-0.4, -0.2) is 0 Å². The summed E-state index contributed by atoms with van der Waals surface area (Å²) in [7, 11) is 0. The predicted octanol–water partition coefficient (Wildman–Crippen LogP) is 13.0. The molecule has 0 nitrogen and oxygen atoms in total. The molecule has 41 heavy (non-hydrogen) atoms. The minimum Gasteiger partial charge on any atom is -0.0696 e. The molecule has 0 heteroatoms. The van der Waals surface area contributed by atoms with E-state index in [1.54, 1.807) is 16.7 Å². The van der Waals surface area contributed by atoms with Crippen molar-refractivity contribution in [2.75, 3.05) is 0 Å². The Balaban J connectivity index is 1.90. The summed E-state index contributed by atoms with van der Waals surface area (Å²) in [5, 5.41) is 0. The molecule has 0 spiro atoms. The van der Waals surface area contributed by atoms with Crippen LogP contribution in [0, 0.1) is 10.8 Å². The molecular formula is C41H58. The standard InChI is InChI=1S/C41H58/c1-11-37-25-17-31-41(9,10)39(37)29-27-35(5)23-15-21-33(3)19-13-12-18-32(2)20-14-22-34(4)26-28-38-36(6)24-16-30-40(38,7)8/h12-15,18-23,26-29H,11,16-17,24-25,30-31H2,1-10H3. The number of allylic oxidation sites excluding steroid dienone is 22. The molecule has 0 aromatic heterocycles. The van der Waals surface area contributed by atoms with Crippen LogP contribution in [0.3, 0.4) is 0 Å². The molecule has 0 fully saturated rings. The molecule has 0 bridgehead atoms. The van der Waals surface area contributed by atoms with E-state index < -0.39 is 0 Å². The van der Waals surface area contributed by atoms with Crippen molar-refractivity contribution in [1.29, 1.82) is 0 Å². The van der Waals surface area contributed by atoms with Crippen LogP contribution in [-0.2, 0) is 0 Å². The smallest absolute Gasteiger partial charge is 0.0104 e. The first-order valence-corrected chi connectivity index (χ1v) is 15.9. The van der Waals surface area contributed by atoms with Gasteiger partial charge in [-0.15, -0.1) is 0 Å². The molecular weight excluding hydrogens is 492 g/mol. The number of rotatable bonds is 11. The largest absolute Gasteiger partial charge is 0.0696 e. The third kappa shape index (κ3) is 11.9. The molecule has 0 aromatic carbocycles. The molecule has 0 atom stereocenters. The van der Waals surface area contributed by atoms with Crippen LogP contribution in [0.25, 0.3) is 0 Å². The molecule has 2 rings (SSSR count). The van der Waals surface area contributed by atoms with Gasteiger partial charge in [-0.1, -0.05) is 153 Å². The van der Waals surface area contributed by atoms with E-state index in [-0.39, 0.29) is 0 Å². The highest BCUT2D eigenvalue weighted by Crippen LogP contribution is 2.42. The van der Waals surface area contributed by atoms with Gasteiger partial charge in [0.2, 0.25) is 0 Å². The maximum absolute atomic E-state index is 2.39. The van der Waals surface area contributed by atoms with Gasteiger partial charge in [0.25, 0.3) is 0 Å². The zero-order chi connectivity index (χ0) is 30.5. The highest BCUT2D eigenvalue weighted by atomic mass is 14.3. The molecule has 0 unspecified atom stereocenters. The molecule has 2 aliphatic carbocycles. The fourth-order valence-corrected chi connectivity index (χ4v) is 5.98. The summed E-state index contributed by atoms with van der Waals surface area (Å²) < 4.78 is 0. The minimum absolute atomic E-state index is 0.291. The zero-order valence-corrected chi connectivity index (χ0v) is 28.0. The predicted molar refractivity (Wildman–Crippen MR) is 186 cm³/mol. The second-order valence-electron chi connectivity index (χ2n) is 13.5. The molecule has 0 heterocycles. The van der Waals surface area contributed by atoms with Crippen molar-refractivity contribution in [3.8, 4) is 0 Å². The Morgan fingerprint density at radius 1 is 0.585 bits per heavy atom. The molecule has 0 radical (unpaired) electrons. The Labute approximate surface area is 254 Å². The highest BCUT2D eigenvalue weighted by Gasteiger charge is 2.27. The molecule has 0 aromatic rings. The van der Waals surface area contributed by atoms with E-state index in [4.69, 9.17) is 0 Å². The zero-order valence-electron chi connectivity index (χ0n) is 28.0. The van der Waals surface area contributed by atoms with E-state index in [2.05, 4.69) is 154 Å². The summed E-state index contributed by atoms with van der Waals surface area (Å²) in [6.45, 7) is 22.8. The van der Waals surface area contributed by atoms with Crippen molar-refractivity contribution in [2.24, 2.45) is 10.8 Å². The van der Waals surface area contributed by atoms with Gasteiger partial charge in [0.05, 0.1) is 0 Å². The molecule has 0 aliphatic heterocycles. The average molecular weight is 551 g/mol. The van der Waals surface area contributed by atoms with Gasteiger partial charge in [-0.3, -0.25) is 0 Å². The van der Waals surface area contributed by atoms with Crippen LogP contribution >= 0.6 is 0 Å². The van der Waals surface area contributed by atoms with E-state index in [0.717, 1.165) is 0 Å². The van der Waals surface area contributed by atoms with Gasteiger partial charge in [-0.25, -0.2) is 0 Å². The monoisotopic (exact) mass is 550 g/mol. The summed E-state index contributed by atoms with van der Waals surface area (Å²) in [5.41, 5.74) is 11.9. The summed E-state index contributed by atoms with van der Waals surface area (Å²) >= 11 is 0. The van der Waals surface area contributed by atoms with E-state index in [1.807, 2.05) is 0 Å². The Hall–Kier alpha value is -2.86. The average Bonchev–Trinajstić information content (AvgIpc) is 2.89. The van der Waals surface area contributed by atoms with Crippen molar-refractivity contribution in [3.05, 3.63) is 130 Å². The van der Waals surface area contributed by atoms with Crippen molar-refractivity contribution in [2.45, 2.75) is 114 Å². The van der Waals surface area contributed by atoms with Gasteiger partial charge in [0.15, 0.2) is 0 Å². The van der Waals surface area contributed by atoms with E-state index in [9.17, 15) is 0 Å². The van der Waals surface area contributed by atoms with Crippen molar-refractivity contribution >= 4 is 0 Å². The Kier molecular flexibility index (Phi) is 13.9. The Morgan fingerprint density at radius 3 is 1.49 bits per heavy atom. The molecule has 0 saturated heterocycles. The maximum Gasteiger partial charge on any atom is -0.0104 e. The first kappa shape index (κ1) is 34.3. The minimum atomic E-state index is 0.291. The topological polar surface area (TPSA) is 0 Å². The van der Waals surface area contributed by atoms with Crippen LogP contribution in [0.5, 0.6) is 0 Å². The molecule has 0 saturated carbocycles. The van der Waals surface area contributed by atoms with Gasteiger partial charge in [0.1, 0.15) is 0 Å². The second-order valence-corrected chi connectivity index (χ2v) is 13.5. The number of hydrogen-bond acceptors (Lipinski definition) is 0. The third-order valence-corrected chi connectivity index (χ3v) is 8.65. The van der Waals surface area contributed by atoms with Gasteiger partial charge < -0.3 is 0 Å². The summed E-state index contributed by atoms with van der Waals surface area (Å²) in [6, 6.07) is 0. The summed E-state index contributed by atoms with van der Waals surface area (Å²) in [6.07, 6.45) is 39.7. The maximum atomic E-state index is 2.39. The molecule has 0 amide bonds. The Bertz CT molecular complexity index is 1230. The van der Waals surface area contributed by atoms with Crippen molar-refractivity contribution < 1.29 is 0 Å². The first-order chi connectivity index (χ1) is 19.4. The lowest BCUT2D eigenvalue weighted by atomic mass is 9.71. The lowest BCUT2D eigenvalue weighted by molar-refractivity contribution is 0.373. The fraction of sp³-hybridized carbons (Fsp3) is 0.463. The molecule has 0 N–H and O–H groups in total. The summed E-state index contributed by atoms with van der Waals surface area (Å²) in [5.74, 6) is 0. The molecule has 2 aliphatic rings. The van der Waals surface area contributed by atoms with Gasteiger partial charge in [-0.2, -0.15) is 0 Å². The van der Waals surface area contributed by atoms with Crippen molar-refractivity contribution in [1.82, 2.24) is 0 Å². The second kappa shape index (κ2) is 16.5. The molecule has 222 valence electrons. The third-order valence-electron chi connectivity index (χ3n) is 8.65. The van der Waals surface area contributed by atoms with E-state index in [1.165, 1.54) is 72.8 Å². The van der Waals surface area contributed by atoms with Gasteiger partial charge in [-0.05, 0) is 102 Å². The quantitative estimate of drug-likeness (QED) is 0.224. The normalized spacial score (nSPS) is 21.7.